The summed E-state index contributed by atoms with van der Waals surface area (Å²) in [6.45, 7) is 0.995. The fourth-order valence-electron chi connectivity index (χ4n) is 2.44. The van der Waals surface area contributed by atoms with Crippen molar-refractivity contribution in [2.24, 2.45) is 0 Å². The van der Waals surface area contributed by atoms with Gasteiger partial charge in [0, 0.05) is 30.8 Å². The lowest BCUT2D eigenvalue weighted by atomic mass is 10.1. The van der Waals surface area contributed by atoms with Gasteiger partial charge < -0.3 is 15.4 Å². The number of rotatable bonds is 8. The van der Waals surface area contributed by atoms with Gasteiger partial charge in [-0.2, -0.15) is 0 Å². The molecule has 2 rings (SSSR count). The van der Waals surface area contributed by atoms with Gasteiger partial charge in [0.25, 0.3) is 0 Å². The van der Waals surface area contributed by atoms with Crippen molar-refractivity contribution in [1.29, 1.82) is 0 Å². The molecule has 0 radical (unpaired) electrons. The van der Waals surface area contributed by atoms with Crippen molar-refractivity contribution in [3.05, 3.63) is 70.7 Å². The standard InChI is InChI=1S/C19H23ClN2O2/c1-24-18(16-11-5-6-12-17(16)20)14-22-19(23)21-13-7-10-15-8-3-2-4-9-15/h2-6,8-9,11-12,18H,7,10,13-14H2,1H3,(H2,21,22,23)/t18-/m1/s1. The molecular weight excluding hydrogens is 324 g/mol. The van der Waals surface area contributed by atoms with Crippen LogP contribution in [0.5, 0.6) is 0 Å². The zero-order valence-electron chi connectivity index (χ0n) is 13.8. The Balaban J connectivity index is 1.69. The fraction of sp³-hybridized carbons (Fsp3) is 0.316. The van der Waals surface area contributed by atoms with Gasteiger partial charge >= 0.3 is 6.03 Å². The van der Waals surface area contributed by atoms with E-state index in [9.17, 15) is 4.79 Å². The van der Waals surface area contributed by atoms with Crippen LogP contribution in [0.25, 0.3) is 0 Å². The van der Waals surface area contributed by atoms with E-state index in [0.29, 0.717) is 18.1 Å². The summed E-state index contributed by atoms with van der Waals surface area (Å²) in [6, 6.07) is 17.5. The minimum atomic E-state index is -0.270. The van der Waals surface area contributed by atoms with Crippen molar-refractivity contribution < 1.29 is 9.53 Å². The Kier molecular flexibility index (Phi) is 7.59. The summed E-state index contributed by atoms with van der Waals surface area (Å²) in [5.41, 5.74) is 2.14. The van der Waals surface area contributed by atoms with Crippen LogP contribution >= 0.6 is 11.6 Å². The van der Waals surface area contributed by atoms with E-state index in [2.05, 4.69) is 22.8 Å². The maximum Gasteiger partial charge on any atom is 0.314 e. The Hall–Kier alpha value is -2.04. The number of hydrogen-bond acceptors (Lipinski definition) is 2. The van der Waals surface area contributed by atoms with Crippen molar-refractivity contribution in [2.45, 2.75) is 18.9 Å². The second-order valence-corrected chi connectivity index (χ2v) is 5.88. The Morgan fingerprint density at radius 3 is 2.50 bits per heavy atom. The summed E-state index contributed by atoms with van der Waals surface area (Å²) in [7, 11) is 1.60. The number of carbonyl (C=O) groups is 1. The predicted molar refractivity (Wildman–Crippen MR) is 97.4 cm³/mol. The molecule has 128 valence electrons. The first-order valence-electron chi connectivity index (χ1n) is 8.03. The molecule has 0 aliphatic heterocycles. The summed E-state index contributed by atoms with van der Waals surface area (Å²) in [5.74, 6) is 0. The van der Waals surface area contributed by atoms with Gasteiger partial charge in [-0.1, -0.05) is 60.1 Å². The summed E-state index contributed by atoms with van der Waals surface area (Å²) in [6.07, 6.45) is 1.57. The highest BCUT2D eigenvalue weighted by atomic mass is 35.5. The number of hydrogen-bond donors (Lipinski definition) is 2. The molecule has 0 heterocycles. The zero-order chi connectivity index (χ0) is 17.2. The van der Waals surface area contributed by atoms with Gasteiger partial charge in [0.1, 0.15) is 6.10 Å². The minimum absolute atomic E-state index is 0.197. The summed E-state index contributed by atoms with van der Waals surface area (Å²) < 4.78 is 5.42. The molecule has 5 heteroatoms. The molecule has 0 saturated heterocycles. The van der Waals surface area contributed by atoms with Gasteiger partial charge in [0.15, 0.2) is 0 Å². The highest BCUT2D eigenvalue weighted by molar-refractivity contribution is 6.31. The van der Waals surface area contributed by atoms with Gasteiger partial charge in [-0.25, -0.2) is 4.79 Å². The number of carbonyl (C=O) groups excluding carboxylic acids is 1. The van der Waals surface area contributed by atoms with E-state index in [1.807, 2.05) is 42.5 Å². The average molecular weight is 347 g/mol. The first-order valence-corrected chi connectivity index (χ1v) is 8.41. The number of aryl methyl sites for hydroxylation is 1. The van der Waals surface area contributed by atoms with Gasteiger partial charge in [0.2, 0.25) is 0 Å². The van der Waals surface area contributed by atoms with Crippen LogP contribution in [-0.4, -0.2) is 26.2 Å². The maximum absolute atomic E-state index is 11.9. The van der Waals surface area contributed by atoms with E-state index in [-0.39, 0.29) is 12.1 Å². The lowest BCUT2D eigenvalue weighted by molar-refractivity contribution is 0.104. The van der Waals surface area contributed by atoms with Gasteiger partial charge in [-0.3, -0.25) is 0 Å². The summed E-state index contributed by atoms with van der Waals surface area (Å²) in [4.78, 5) is 11.9. The van der Waals surface area contributed by atoms with E-state index in [0.717, 1.165) is 18.4 Å². The van der Waals surface area contributed by atoms with Crippen molar-refractivity contribution in [3.63, 3.8) is 0 Å². The predicted octanol–water partition coefficient (Wildman–Crippen LogP) is 3.96. The number of methoxy groups -OCH3 is 1. The SMILES string of the molecule is CO[C@H](CNC(=O)NCCCc1ccccc1)c1ccccc1Cl. The number of benzene rings is 2. The number of ether oxygens (including phenoxy) is 1. The smallest absolute Gasteiger partial charge is 0.314 e. The van der Waals surface area contributed by atoms with Crippen molar-refractivity contribution in [2.75, 3.05) is 20.2 Å². The molecule has 0 spiro atoms. The second kappa shape index (κ2) is 9.96. The highest BCUT2D eigenvalue weighted by Gasteiger charge is 2.14. The van der Waals surface area contributed by atoms with E-state index >= 15 is 0 Å². The quantitative estimate of drug-likeness (QED) is 0.711. The molecule has 1 atom stereocenters. The summed E-state index contributed by atoms with van der Waals surface area (Å²) in [5, 5.41) is 6.32. The topological polar surface area (TPSA) is 50.4 Å². The third-order valence-corrected chi connectivity index (χ3v) is 4.10. The molecule has 0 fully saturated rings. The molecule has 0 aliphatic rings. The highest BCUT2D eigenvalue weighted by Crippen LogP contribution is 2.24. The molecule has 0 unspecified atom stereocenters. The molecule has 0 saturated carbocycles. The van der Waals surface area contributed by atoms with E-state index in [1.165, 1.54) is 5.56 Å². The van der Waals surface area contributed by atoms with Crippen LogP contribution in [0.4, 0.5) is 4.79 Å². The second-order valence-electron chi connectivity index (χ2n) is 5.47. The Morgan fingerprint density at radius 1 is 1.08 bits per heavy atom. The van der Waals surface area contributed by atoms with Crippen molar-refractivity contribution in [3.8, 4) is 0 Å². The summed E-state index contributed by atoms with van der Waals surface area (Å²) >= 11 is 6.17. The van der Waals surface area contributed by atoms with Crippen molar-refractivity contribution in [1.82, 2.24) is 10.6 Å². The molecule has 2 aromatic carbocycles. The van der Waals surface area contributed by atoms with E-state index < -0.39 is 0 Å². The molecule has 2 N–H and O–H groups in total. The van der Waals surface area contributed by atoms with E-state index in [4.69, 9.17) is 16.3 Å². The van der Waals surface area contributed by atoms with Gasteiger partial charge in [0.05, 0.1) is 0 Å². The first kappa shape index (κ1) is 18.3. The monoisotopic (exact) mass is 346 g/mol. The number of urea groups is 1. The molecule has 24 heavy (non-hydrogen) atoms. The van der Waals surface area contributed by atoms with E-state index in [1.54, 1.807) is 7.11 Å². The number of amides is 2. The Morgan fingerprint density at radius 2 is 1.79 bits per heavy atom. The fourth-order valence-corrected chi connectivity index (χ4v) is 2.70. The Labute approximate surface area is 148 Å². The lowest BCUT2D eigenvalue weighted by Gasteiger charge is -2.18. The number of halogens is 1. The number of nitrogens with one attached hydrogen (secondary N) is 2. The van der Waals surface area contributed by atoms with Crippen LogP contribution in [0, 0.1) is 0 Å². The molecule has 0 aromatic heterocycles. The van der Waals surface area contributed by atoms with Crippen LogP contribution in [0.2, 0.25) is 5.02 Å². The third kappa shape index (κ3) is 5.87. The van der Waals surface area contributed by atoms with Crippen LogP contribution in [0.1, 0.15) is 23.7 Å². The van der Waals surface area contributed by atoms with Crippen LogP contribution < -0.4 is 10.6 Å². The largest absolute Gasteiger partial charge is 0.375 e. The minimum Gasteiger partial charge on any atom is -0.375 e. The molecular formula is C19H23ClN2O2. The van der Waals surface area contributed by atoms with Crippen LogP contribution in [0.15, 0.2) is 54.6 Å². The van der Waals surface area contributed by atoms with Crippen molar-refractivity contribution >= 4 is 17.6 Å². The molecule has 0 aliphatic carbocycles. The normalized spacial score (nSPS) is 11.8. The molecule has 0 bridgehead atoms. The Bertz CT molecular complexity index is 634. The third-order valence-electron chi connectivity index (χ3n) is 3.76. The van der Waals surface area contributed by atoms with Crippen LogP contribution in [-0.2, 0) is 11.2 Å². The average Bonchev–Trinajstić information content (AvgIpc) is 2.61. The van der Waals surface area contributed by atoms with Gasteiger partial charge in [-0.15, -0.1) is 0 Å². The zero-order valence-corrected chi connectivity index (χ0v) is 14.6. The molecule has 4 nitrogen and oxygen atoms in total. The molecule has 2 amide bonds. The maximum atomic E-state index is 11.9. The molecule has 2 aromatic rings. The van der Waals surface area contributed by atoms with Crippen LogP contribution in [0.3, 0.4) is 0 Å². The first-order chi connectivity index (χ1) is 11.7. The van der Waals surface area contributed by atoms with Gasteiger partial charge in [-0.05, 0) is 24.5 Å². The lowest BCUT2D eigenvalue weighted by Crippen LogP contribution is -2.38.